The number of nitrogens with zero attached hydrogens (tertiary/aromatic N) is 1. The molecule has 1 aliphatic rings. The number of rotatable bonds is 3. The van der Waals surface area contributed by atoms with E-state index in [0.717, 1.165) is 0 Å². The predicted octanol–water partition coefficient (Wildman–Crippen LogP) is 1.91. The van der Waals surface area contributed by atoms with Gasteiger partial charge in [-0.1, -0.05) is 0 Å². The third-order valence-corrected chi connectivity index (χ3v) is 2.04. The highest BCUT2D eigenvalue weighted by Crippen LogP contribution is 2.17. The number of dihydropyridines is 1. The Morgan fingerprint density at radius 3 is 2.93 bits per heavy atom. The van der Waals surface area contributed by atoms with Crippen LogP contribution in [-0.4, -0.2) is 18.0 Å². The molecule has 0 aliphatic carbocycles. The molecule has 1 heterocycles. The fourth-order valence-electron chi connectivity index (χ4n) is 1.12. The standard InChI is InChI=1S/C10H13ClN2O/c1-7(2)14-10-6-13-9(4-11)3-8(10)5-12/h3,6-7,9,13H,4H2,1-2H3. The van der Waals surface area contributed by atoms with E-state index < -0.39 is 0 Å². The third-order valence-electron chi connectivity index (χ3n) is 1.71. The summed E-state index contributed by atoms with van der Waals surface area (Å²) >= 11 is 5.67. The second-order valence-electron chi connectivity index (χ2n) is 3.29. The number of halogens is 1. The molecule has 4 heteroatoms. The Bertz CT molecular complexity index is 302. The maximum Gasteiger partial charge on any atom is 0.152 e. The number of ether oxygens (including phenoxy) is 1. The molecule has 1 N–H and O–H groups in total. The van der Waals surface area contributed by atoms with Crippen molar-refractivity contribution in [2.24, 2.45) is 0 Å². The molecule has 0 aromatic carbocycles. The van der Waals surface area contributed by atoms with Gasteiger partial charge in [0.25, 0.3) is 0 Å². The summed E-state index contributed by atoms with van der Waals surface area (Å²) in [4.78, 5) is 0. The van der Waals surface area contributed by atoms with Crippen LogP contribution in [0.4, 0.5) is 0 Å². The Labute approximate surface area is 89.0 Å². The van der Waals surface area contributed by atoms with Crippen molar-refractivity contribution in [2.45, 2.75) is 26.0 Å². The van der Waals surface area contributed by atoms with Crippen LogP contribution >= 0.6 is 11.6 Å². The number of hydrogen-bond donors (Lipinski definition) is 1. The fraction of sp³-hybridized carbons (Fsp3) is 0.500. The molecule has 1 atom stereocenters. The van der Waals surface area contributed by atoms with Crippen LogP contribution in [-0.2, 0) is 4.74 Å². The Morgan fingerprint density at radius 2 is 2.43 bits per heavy atom. The molecule has 1 unspecified atom stereocenters. The van der Waals surface area contributed by atoms with Gasteiger partial charge < -0.3 is 10.1 Å². The van der Waals surface area contributed by atoms with Gasteiger partial charge >= 0.3 is 0 Å². The molecule has 76 valence electrons. The van der Waals surface area contributed by atoms with Gasteiger partial charge in [-0.3, -0.25) is 0 Å². The number of alkyl halides is 1. The van der Waals surface area contributed by atoms with E-state index in [9.17, 15) is 0 Å². The first-order valence-electron chi connectivity index (χ1n) is 4.48. The molecule has 1 aliphatic heterocycles. The molecular formula is C10H13ClN2O. The summed E-state index contributed by atoms with van der Waals surface area (Å²) in [5, 5.41) is 11.9. The second-order valence-corrected chi connectivity index (χ2v) is 3.60. The first-order valence-corrected chi connectivity index (χ1v) is 5.02. The van der Waals surface area contributed by atoms with E-state index in [2.05, 4.69) is 11.4 Å². The summed E-state index contributed by atoms with van der Waals surface area (Å²) in [6, 6.07) is 2.11. The van der Waals surface area contributed by atoms with Crippen LogP contribution in [0.15, 0.2) is 23.6 Å². The molecular weight excluding hydrogens is 200 g/mol. The quantitative estimate of drug-likeness (QED) is 0.727. The molecule has 0 radical (unpaired) electrons. The van der Waals surface area contributed by atoms with Crippen molar-refractivity contribution in [2.75, 3.05) is 5.88 Å². The van der Waals surface area contributed by atoms with Crippen molar-refractivity contribution < 1.29 is 4.74 Å². The third kappa shape index (κ3) is 2.68. The number of nitrogens with one attached hydrogen (secondary N) is 1. The molecule has 0 amide bonds. The van der Waals surface area contributed by atoms with Gasteiger partial charge in [0.1, 0.15) is 6.07 Å². The maximum atomic E-state index is 8.88. The SMILES string of the molecule is CC(C)OC1=CNC(CCl)C=C1C#N. The molecule has 0 bridgehead atoms. The minimum absolute atomic E-state index is 0.0193. The molecule has 14 heavy (non-hydrogen) atoms. The first kappa shape index (κ1) is 10.9. The van der Waals surface area contributed by atoms with Crippen LogP contribution in [0, 0.1) is 11.3 Å². The molecule has 1 rings (SSSR count). The van der Waals surface area contributed by atoms with Crippen LogP contribution in [0.3, 0.4) is 0 Å². The minimum atomic E-state index is 0.0193. The van der Waals surface area contributed by atoms with Gasteiger partial charge in [0.15, 0.2) is 5.76 Å². The summed E-state index contributed by atoms with van der Waals surface area (Å²) < 4.78 is 5.45. The van der Waals surface area contributed by atoms with E-state index >= 15 is 0 Å². The summed E-state index contributed by atoms with van der Waals surface area (Å²) in [6.07, 6.45) is 3.54. The monoisotopic (exact) mass is 212 g/mol. The maximum absolute atomic E-state index is 8.88. The van der Waals surface area contributed by atoms with Crippen molar-refractivity contribution in [1.29, 1.82) is 5.26 Å². The van der Waals surface area contributed by atoms with Crippen LogP contribution in [0.1, 0.15) is 13.8 Å². The number of hydrogen-bond acceptors (Lipinski definition) is 3. The molecule has 0 fully saturated rings. The second kappa shape index (κ2) is 4.92. The normalized spacial score (nSPS) is 20.6. The smallest absolute Gasteiger partial charge is 0.152 e. The highest BCUT2D eigenvalue weighted by atomic mass is 35.5. The van der Waals surface area contributed by atoms with E-state index in [1.807, 2.05) is 13.8 Å². The van der Waals surface area contributed by atoms with Gasteiger partial charge in [0.2, 0.25) is 0 Å². The zero-order valence-electron chi connectivity index (χ0n) is 8.25. The lowest BCUT2D eigenvalue weighted by Gasteiger charge is -2.20. The van der Waals surface area contributed by atoms with Crippen LogP contribution < -0.4 is 5.32 Å². The van der Waals surface area contributed by atoms with E-state index in [0.29, 0.717) is 17.2 Å². The molecule has 0 aromatic rings. The topological polar surface area (TPSA) is 45.0 Å². The highest BCUT2D eigenvalue weighted by molar-refractivity contribution is 6.18. The lowest BCUT2D eigenvalue weighted by Crippen LogP contribution is -2.28. The van der Waals surface area contributed by atoms with Gasteiger partial charge in [-0.15, -0.1) is 11.6 Å². The zero-order valence-corrected chi connectivity index (χ0v) is 9.01. The predicted molar refractivity (Wildman–Crippen MR) is 55.6 cm³/mol. The van der Waals surface area contributed by atoms with Crippen molar-refractivity contribution in [3.05, 3.63) is 23.6 Å². The van der Waals surface area contributed by atoms with Crippen LogP contribution in [0.2, 0.25) is 0 Å². The Kier molecular flexibility index (Phi) is 3.84. The van der Waals surface area contributed by atoms with Crippen molar-refractivity contribution >= 4 is 11.6 Å². The number of allylic oxidation sites excluding steroid dienone is 1. The minimum Gasteiger partial charge on any atom is -0.488 e. The summed E-state index contributed by atoms with van der Waals surface area (Å²) in [5.74, 6) is 1.03. The Hall–Kier alpha value is -1.14. The van der Waals surface area contributed by atoms with Gasteiger partial charge in [0.05, 0.1) is 17.7 Å². The molecule has 0 spiro atoms. The van der Waals surface area contributed by atoms with Crippen molar-refractivity contribution in [3.63, 3.8) is 0 Å². The van der Waals surface area contributed by atoms with Gasteiger partial charge in [-0.25, -0.2) is 0 Å². The fourth-order valence-corrected chi connectivity index (χ4v) is 1.30. The van der Waals surface area contributed by atoms with Gasteiger partial charge in [-0.2, -0.15) is 5.26 Å². The largest absolute Gasteiger partial charge is 0.488 e. The van der Waals surface area contributed by atoms with E-state index in [1.54, 1.807) is 12.3 Å². The molecule has 3 nitrogen and oxygen atoms in total. The Morgan fingerprint density at radius 1 is 1.71 bits per heavy atom. The van der Waals surface area contributed by atoms with Crippen LogP contribution in [0.5, 0.6) is 0 Å². The lowest BCUT2D eigenvalue weighted by atomic mass is 10.1. The summed E-state index contributed by atoms with van der Waals surface area (Å²) in [7, 11) is 0. The van der Waals surface area contributed by atoms with Gasteiger partial charge in [0, 0.05) is 12.1 Å². The first-order chi connectivity index (χ1) is 6.67. The summed E-state index contributed by atoms with van der Waals surface area (Å²) in [5.41, 5.74) is 0.545. The zero-order chi connectivity index (χ0) is 10.6. The highest BCUT2D eigenvalue weighted by Gasteiger charge is 2.16. The molecule has 0 saturated carbocycles. The molecule has 0 saturated heterocycles. The molecule has 0 aromatic heterocycles. The van der Waals surface area contributed by atoms with E-state index in [1.165, 1.54) is 0 Å². The average molecular weight is 213 g/mol. The van der Waals surface area contributed by atoms with Crippen LogP contribution in [0.25, 0.3) is 0 Å². The summed E-state index contributed by atoms with van der Waals surface area (Å²) in [6.45, 7) is 3.84. The van der Waals surface area contributed by atoms with E-state index in [-0.39, 0.29) is 12.1 Å². The van der Waals surface area contributed by atoms with Gasteiger partial charge in [-0.05, 0) is 19.9 Å². The van der Waals surface area contributed by atoms with Crippen molar-refractivity contribution in [1.82, 2.24) is 5.32 Å². The number of nitriles is 1. The van der Waals surface area contributed by atoms with E-state index in [4.69, 9.17) is 21.6 Å². The average Bonchev–Trinajstić information content (AvgIpc) is 2.17. The van der Waals surface area contributed by atoms with Crippen molar-refractivity contribution in [3.8, 4) is 6.07 Å². The lowest BCUT2D eigenvalue weighted by molar-refractivity contribution is 0.152. The Balaban J connectivity index is 2.75.